The fourth-order valence-corrected chi connectivity index (χ4v) is 4.11. The molecule has 0 radical (unpaired) electrons. The molecule has 3 rings (SSSR count). The Hall–Kier alpha value is -3.88. The standard InChI is InChI=1S/C35H48F3N3O12/c1-43-30-2-4-31(5-3-30)52-23-22-50-19-18-48-16-17-49-20-21-51-27-29-26-41(40-39-29)7-9-45-11-13-47-15-14-46-12-10-44-8-6-34(42)53-35-32(37)24-28(36)25-33(35)38/h2-5,24-26H,6-23,27H2,1H3. The number of carbonyl (C=O) groups excluding carboxylic acids is 1. The summed E-state index contributed by atoms with van der Waals surface area (Å²) >= 11 is 0. The van der Waals surface area contributed by atoms with Gasteiger partial charge in [-0.3, -0.25) is 4.79 Å². The lowest BCUT2D eigenvalue weighted by atomic mass is 10.3. The van der Waals surface area contributed by atoms with Crippen LogP contribution in [0.2, 0.25) is 0 Å². The van der Waals surface area contributed by atoms with Gasteiger partial charge < -0.3 is 52.1 Å². The van der Waals surface area contributed by atoms with E-state index >= 15 is 0 Å². The van der Waals surface area contributed by atoms with Gasteiger partial charge in [-0.2, -0.15) is 0 Å². The highest BCUT2D eigenvalue weighted by Gasteiger charge is 2.16. The molecule has 0 amide bonds. The summed E-state index contributed by atoms with van der Waals surface area (Å²) in [6, 6.07) is 8.22. The Morgan fingerprint density at radius 3 is 1.64 bits per heavy atom. The van der Waals surface area contributed by atoms with Gasteiger partial charge in [-0.25, -0.2) is 17.9 Å². The van der Waals surface area contributed by atoms with Crippen molar-refractivity contribution in [3.8, 4) is 17.2 Å². The molecule has 1 heterocycles. The van der Waals surface area contributed by atoms with Crippen LogP contribution in [0, 0.1) is 17.5 Å². The molecule has 0 aliphatic rings. The van der Waals surface area contributed by atoms with Crippen LogP contribution < -0.4 is 14.2 Å². The number of nitrogens with zero attached hydrogens (tertiary/aromatic N) is 3. The fourth-order valence-electron chi connectivity index (χ4n) is 4.11. The number of carbonyl (C=O) groups is 1. The highest BCUT2D eigenvalue weighted by Crippen LogP contribution is 2.23. The number of esters is 1. The van der Waals surface area contributed by atoms with Crippen molar-refractivity contribution in [3.63, 3.8) is 0 Å². The second-order valence-corrected chi connectivity index (χ2v) is 10.8. The zero-order chi connectivity index (χ0) is 37.8. The summed E-state index contributed by atoms with van der Waals surface area (Å²) in [5, 5.41) is 8.15. The lowest BCUT2D eigenvalue weighted by Crippen LogP contribution is -2.15. The summed E-state index contributed by atoms with van der Waals surface area (Å²) < 4.78 is 101. The molecule has 1 aromatic heterocycles. The first-order chi connectivity index (χ1) is 25.9. The van der Waals surface area contributed by atoms with Crippen LogP contribution in [-0.4, -0.2) is 134 Å². The van der Waals surface area contributed by atoms with Crippen molar-refractivity contribution in [1.29, 1.82) is 0 Å². The SMILES string of the molecule is COc1ccc(OCCOCCOCCOCCOCc2cn(CCOCCOCCOCCOCCC(=O)Oc3c(F)cc(F)cc3F)nn2)cc1. The maximum Gasteiger partial charge on any atom is 0.313 e. The fraction of sp³-hybridized carbons (Fsp3) is 0.571. The van der Waals surface area contributed by atoms with E-state index in [2.05, 4.69) is 15.0 Å². The Morgan fingerprint density at radius 1 is 0.623 bits per heavy atom. The number of hydrogen-bond acceptors (Lipinski definition) is 14. The van der Waals surface area contributed by atoms with E-state index in [4.69, 9.17) is 47.4 Å². The van der Waals surface area contributed by atoms with Crippen LogP contribution in [0.5, 0.6) is 17.2 Å². The molecule has 0 saturated carbocycles. The van der Waals surface area contributed by atoms with E-state index in [1.54, 1.807) is 18.0 Å². The summed E-state index contributed by atoms with van der Waals surface area (Å²) in [5.41, 5.74) is 0.703. The van der Waals surface area contributed by atoms with Crippen LogP contribution >= 0.6 is 0 Å². The van der Waals surface area contributed by atoms with Gasteiger partial charge in [-0.1, -0.05) is 5.21 Å². The summed E-state index contributed by atoms with van der Waals surface area (Å²) in [5.74, 6) is -4.03. The molecule has 0 N–H and O–H groups in total. The molecule has 0 atom stereocenters. The molecule has 0 saturated heterocycles. The minimum absolute atomic E-state index is 0.0409. The highest BCUT2D eigenvalue weighted by atomic mass is 19.1. The van der Waals surface area contributed by atoms with Gasteiger partial charge >= 0.3 is 5.97 Å². The van der Waals surface area contributed by atoms with Gasteiger partial charge in [0.1, 0.15) is 29.6 Å². The van der Waals surface area contributed by atoms with Gasteiger partial charge in [0, 0.05) is 12.1 Å². The van der Waals surface area contributed by atoms with E-state index in [-0.39, 0.29) is 26.2 Å². The molecule has 0 aliphatic heterocycles. The average molecular weight is 760 g/mol. The monoisotopic (exact) mass is 759 g/mol. The first-order valence-electron chi connectivity index (χ1n) is 17.1. The van der Waals surface area contributed by atoms with E-state index in [1.165, 1.54) is 0 Å². The number of hydrogen-bond donors (Lipinski definition) is 0. The van der Waals surface area contributed by atoms with Crippen LogP contribution in [0.15, 0.2) is 42.6 Å². The third-order valence-electron chi connectivity index (χ3n) is 6.72. The van der Waals surface area contributed by atoms with E-state index in [0.29, 0.717) is 117 Å². The maximum atomic E-state index is 13.5. The molecular formula is C35H48F3N3O12. The average Bonchev–Trinajstić information content (AvgIpc) is 3.61. The van der Waals surface area contributed by atoms with Crippen molar-refractivity contribution in [1.82, 2.24) is 15.0 Å². The Labute approximate surface area is 306 Å². The lowest BCUT2D eigenvalue weighted by molar-refractivity contribution is -0.136. The lowest BCUT2D eigenvalue weighted by Gasteiger charge is -2.09. The van der Waals surface area contributed by atoms with Crippen LogP contribution in [0.4, 0.5) is 13.2 Å². The Morgan fingerprint density at radius 2 is 1.09 bits per heavy atom. The molecule has 0 aliphatic carbocycles. The van der Waals surface area contributed by atoms with Gasteiger partial charge in [-0.15, -0.1) is 5.10 Å². The third kappa shape index (κ3) is 20.2. The van der Waals surface area contributed by atoms with Crippen molar-refractivity contribution in [2.45, 2.75) is 19.6 Å². The third-order valence-corrected chi connectivity index (χ3v) is 6.72. The van der Waals surface area contributed by atoms with E-state index in [9.17, 15) is 18.0 Å². The quantitative estimate of drug-likeness (QED) is 0.0520. The van der Waals surface area contributed by atoms with Gasteiger partial charge in [0.25, 0.3) is 0 Å². The van der Waals surface area contributed by atoms with Crippen molar-refractivity contribution in [3.05, 3.63) is 65.7 Å². The van der Waals surface area contributed by atoms with Crippen LogP contribution in [-0.2, 0) is 55.8 Å². The van der Waals surface area contributed by atoms with Gasteiger partial charge in [-0.05, 0) is 24.3 Å². The minimum atomic E-state index is -1.30. The summed E-state index contributed by atoms with van der Waals surface area (Å²) in [6.07, 6.45) is 1.55. The summed E-state index contributed by atoms with van der Waals surface area (Å²) in [7, 11) is 1.62. The molecule has 2 aromatic carbocycles. The van der Waals surface area contributed by atoms with Crippen LogP contribution in [0.3, 0.4) is 0 Å². The smallest absolute Gasteiger partial charge is 0.313 e. The van der Waals surface area contributed by atoms with Crippen LogP contribution in [0.25, 0.3) is 0 Å². The molecule has 0 unspecified atom stereocenters. The summed E-state index contributed by atoms with van der Waals surface area (Å²) in [4.78, 5) is 11.7. The second kappa shape index (κ2) is 27.7. The number of halogens is 3. The number of aromatic nitrogens is 3. The number of methoxy groups -OCH3 is 1. The van der Waals surface area contributed by atoms with Gasteiger partial charge in [0.05, 0.1) is 132 Å². The molecule has 0 spiro atoms. The van der Waals surface area contributed by atoms with Crippen molar-refractivity contribution < 1.29 is 70.1 Å². The van der Waals surface area contributed by atoms with E-state index in [0.717, 1.165) is 11.5 Å². The molecular weight excluding hydrogens is 711 g/mol. The molecule has 53 heavy (non-hydrogen) atoms. The predicted octanol–water partition coefficient (Wildman–Crippen LogP) is 3.41. The molecule has 18 heteroatoms. The maximum absolute atomic E-state index is 13.5. The molecule has 15 nitrogen and oxygen atoms in total. The summed E-state index contributed by atoms with van der Waals surface area (Å²) in [6.45, 7) is 6.80. The zero-order valence-corrected chi connectivity index (χ0v) is 29.9. The molecule has 3 aromatic rings. The number of rotatable bonds is 32. The second-order valence-electron chi connectivity index (χ2n) is 10.8. The van der Waals surface area contributed by atoms with Crippen molar-refractivity contribution in [2.24, 2.45) is 0 Å². The van der Waals surface area contributed by atoms with Crippen molar-refractivity contribution in [2.75, 3.05) is 113 Å². The molecule has 0 bridgehead atoms. The Kier molecular flexibility index (Phi) is 22.7. The first-order valence-corrected chi connectivity index (χ1v) is 17.1. The predicted molar refractivity (Wildman–Crippen MR) is 180 cm³/mol. The first kappa shape index (κ1) is 43.5. The Bertz CT molecular complexity index is 1380. The Balaban J connectivity index is 1.01. The van der Waals surface area contributed by atoms with Crippen molar-refractivity contribution >= 4 is 5.97 Å². The van der Waals surface area contributed by atoms with Gasteiger partial charge in [0.15, 0.2) is 11.6 Å². The highest BCUT2D eigenvalue weighted by molar-refractivity contribution is 5.72. The number of benzene rings is 2. The van der Waals surface area contributed by atoms with E-state index < -0.39 is 29.2 Å². The van der Waals surface area contributed by atoms with Crippen LogP contribution in [0.1, 0.15) is 12.1 Å². The largest absolute Gasteiger partial charge is 0.497 e. The normalized spacial score (nSPS) is 11.2. The topological polar surface area (TPSA) is 149 Å². The molecule has 0 fully saturated rings. The zero-order valence-electron chi connectivity index (χ0n) is 29.9. The minimum Gasteiger partial charge on any atom is -0.497 e. The molecule has 296 valence electrons. The van der Waals surface area contributed by atoms with E-state index in [1.807, 2.05) is 24.3 Å². The number of ether oxygens (including phenoxy) is 11. The van der Waals surface area contributed by atoms with Gasteiger partial charge in [0.2, 0.25) is 5.75 Å².